The first-order valence-electron chi connectivity index (χ1n) is 2.11. The van der Waals surface area contributed by atoms with Gasteiger partial charge in [0, 0.05) is 0 Å². The third kappa shape index (κ3) is 10.7. The molecule has 0 rings (SSSR count). The Balaban J connectivity index is 0. The van der Waals surface area contributed by atoms with Crippen LogP contribution in [0, 0.1) is 0 Å². The molecule has 0 saturated carbocycles. The molecule has 1 nitrogen and oxygen atoms in total. The van der Waals surface area contributed by atoms with Gasteiger partial charge in [0.1, 0.15) is 0 Å². The van der Waals surface area contributed by atoms with E-state index in [9.17, 15) is 5.11 Å². The van der Waals surface area contributed by atoms with E-state index in [1.807, 2.05) is 19.1 Å². The first-order chi connectivity index (χ1) is 2.91. The Morgan fingerprint density at radius 1 is 1.57 bits per heavy atom. The Morgan fingerprint density at radius 3 is 2.29 bits per heavy atom. The van der Waals surface area contributed by atoms with E-state index in [0.29, 0.717) is 6.42 Å². The first kappa shape index (κ1) is 10.3. The predicted molar refractivity (Wildman–Crippen MR) is 24.3 cm³/mol. The Morgan fingerprint density at radius 2 is 2.14 bits per heavy atom. The van der Waals surface area contributed by atoms with Crippen molar-refractivity contribution >= 4 is 0 Å². The molecular formula is C5H9LiO. The van der Waals surface area contributed by atoms with Crippen LogP contribution in [0.3, 0.4) is 0 Å². The maximum Gasteiger partial charge on any atom is 1.00 e. The molecule has 0 aromatic rings. The zero-order chi connectivity index (χ0) is 4.83. The van der Waals surface area contributed by atoms with E-state index in [-0.39, 0.29) is 25.5 Å². The van der Waals surface area contributed by atoms with Crippen molar-refractivity contribution in [3.63, 3.8) is 0 Å². The molecule has 0 spiro atoms. The molecule has 0 atom stereocenters. The summed E-state index contributed by atoms with van der Waals surface area (Å²) in [7, 11) is 0. The van der Waals surface area contributed by atoms with Crippen molar-refractivity contribution < 1.29 is 24.0 Å². The van der Waals surface area contributed by atoms with Crippen molar-refractivity contribution in [1.29, 1.82) is 0 Å². The summed E-state index contributed by atoms with van der Waals surface area (Å²) in [6.45, 7) is 1.93. The average Bonchev–Trinajstić information content (AvgIpc) is 1.61. The van der Waals surface area contributed by atoms with E-state index in [1.165, 1.54) is 0 Å². The van der Waals surface area contributed by atoms with Gasteiger partial charge in [-0.25, -0.2) is 0 Å². The van der Waals surface area contributed by atoms with E-state index in [4.69, 9.17) is 0 Å². The van der Waals surface area contributed by atoms with Gasteiger partial charge in [-0.3, -0.25) is 0 Å². The van der Waals surface area contributed by atoms with Crippen molar-refractivity contribution in [3.8, 4) is 0 Å². The Bertz CT molecular complexity index is 43.3. The smallest absolute Gasteiger partial charge is 0.854 e. The fraction of sp³-hybridized carbons (Fsp3) is 0.600. The van der Waals surface area contributed by atoms with Crippen LogP contribution in [-0.4, -0.2) is 6.61 Å². The van der Waals surface area contributed by atoms with Crippen molar-refractivity contribution in [3.05, 3.63) is 12.2 Å². The van der Waals surface area contributed by atoms with Crippen molar-refractivity contribution in [1.82, 2.24) is 0 Å². The van der Waals surface area contributed by atoms with E-state index in [1.54, 1.807) is 0 Å². The first-order valence-corrected chi connectivity index (χ1v) is 2.11. The standard InChI is InChI=1S/C5H9O.Li/c1-2-3-4-5-6;/h2-3H,4-5H2,1H3;/q-1;+1/b3-2-;. The second-order valence-electron chi connectivity index (χ2n) is 1.06. The van der Waals surface area contributed by atoms with Gasteiger partial charge < -0.3 is 5.11 Å². The van der Waals surface area contributed by atoms with Gasteiger partial charge >= 0.3 is 18.9 Å². The number of hydrogen-bond donors (Lipinski definition) is 0. The summed E-state index contributed by atoms with van der Waals surface area (Å²) in [5.41, 5.74) is 0. The molecule has 0 aliphatic carbocycles. The van der Waals surface area contributed by atoms with E-state index in [2.05, 4.69) is 0 Å². The fourth-order valence-corrected chi connectivity index (χ4v) is 0.235. The summed E-state index contributed by atoms with van der Waals surface area (Å²) >= 11 is 0. The third-order valence-corrected chi connectivity index (χ3v) is 0.520. The van der Waals surface area contributed by atoms with Gasteiger partial charge in [-0.05, 0) is 6.92 Å². The zero-order valence-electron chi connectivity index (χ0n) is 4.98. The van der Waals surface area contributed by atoms with Gasteiger partial charge in [0.25, 0.3) is 0 Å². The molecule has 0 N–H and O–H groups in total. The zero-order valence-corrected chi connectivity index (χ0v) is 4.98. The topological polar surface area (TPSA) is 23.1 Å². The normalized spacial score (nSPS) is 8.86. The molecule has 0 aromatic carbocycles. The van der Waals surface area contributed by atoms with Crippen LogP contribution >= 0.6 is 0 Å². The van der Waals surface area contributed by atoms with Crippen LogP contribution in [-0.2, 0) is 0 Å². The van der Waals surface area contributed by atoms with Gasteiger partial charge in [0.15, 0.2) is 0 Å². The van der Waals surface area contributed by atoms with Crippen molar-refractivity contribution in [2.24, 2.45) is 0 Å². The molecule has 0 unspecified atom stereocenters. The van der Waals surface area contributed by atoms with E-state index < -0.39 is 0 Å². The van der Waals surface area contributed by atoms with Gasteiger partial charge in [-0.2, -0.15) is 0 Å². The molecule has 0 aliphatic heterocycles. The number of allylic oxidation sites excluding steroid dienone is 1. The Kier molecular flexibility index (Phi) is 14.1. The minimum absolute atomic E-state index is 0. The van der Waals surface area contributed by atoms with Crippen LogP contribution in [0.5, 0.6) is 0 Å². The Hall–Kier alpha value is 0.297. The summed E-state index contributed by atoms with van der Waals surface area (Å²) in [6, 6.07) is 0. The second kappa shape index (κ2) is 9.57. The minimum Gasteiger partial charge on any atom is -0.854 e. The quantitative estimate of drug-likeness (QED) is 0.269. The predicted octanol–water partition coefficient (Wildman–Crippen LogP) is -2.68. The summed E-state index contributed by atoms with van der Waals surface area (Å²) < 4.78 is 0. The third-order valence-electron chi connectivity index (χ3n) is 0.520. The van der Waals surface area contributed by atoms with Crippen molar-refractivity contribution in [2.75, 3.05) is 6.61 Å². The molecule has 0 saturated heterocycles. The molecule has 0 fully saturated rings. The molecule has 0 heterocycles. The molecule has 0 aliphatic rings. The van der Waals surface area contributed by atoms with Gasteiger partial charge in [0.05, 0.1) is 0 Å². The molecule has 7 heavy (non-hydrogen) atoms. The number of rotatable bonds is 2. The fourth-order valence-electron chi connectivity index (χ4n) is 0.235. The van der Waals surface area contributed by atoms with Gasteiger partial charge in [-0.1, -0.05) is 18.6 Å². The Labute approximate surface area is 56.6 Å². The largest absolute Gasteiger partial charge is 1.00 e. The van der Waals surface area contributed by atoms with Crippen LogP contribution in [0.15, 0.2) is 12.2 Å². The van der Waals surface area contributed by atoms with Crippen LogP contribution in [0.25, 0.3) is 0 Å². The molecule has 0 amide bonds. The minimum atomic E-state index is 0. The SMILES string of the molecule is C/C=C\CC[O-].[Li+]. The molecule has 0 aromatic heterocycles. The summed E-state index contributed by atoms with van der Waals surface area (Å²) in [4.78, 5) is 0. The van der Waals surface area contributed by atoms with Crippen LogP contribution < -0.4 is 24.0 Å². The van der Waals surface area contributed by atoms with Crippen molar-refractivity contribution in [2.45, 2.75) is 13.3 Å². The maximum atomic E-state index is 9.64. The average molecular weight is 92.1 g/mol. The second-order valence-corrected chi connectivity index (χ2v) is 1.06. The van der Waals surface area contributed by atoms with Crippen LogP contribution in [0.1, 0.15) is 13.3 Å². The molecule has 36 valence electrons. The van der Waals surface area contributed by atoms with Gasteiger partial charge in [0.2, 0.25) is 0 Å². The number of hydrogen-bond acceptors (Lipinski definition) is 1. The molecular weight excluding hydrogens is 83.0 g/mol. The van der Waals surface area contributed by atoms with Gasteiger partial charge in [-0.15, -0.1) is 6.61 Å². The maximum absolute atomic E-state index is 9.64. The summed E-state index contributed by atoms with van der Waals surface area (Å²) in [5, 5.41) is 9.64. The van der Waals surface area contributed by atoms with E-state index in [0.717, 1.165) is 0 Å². The summed E-state index contributed by atoms with van der Waals surface area (Å²) in [6.07, 6.45) is 4.43. The molecule has 2 heteroatoms. The van der Waals surface area contributed by atoms with Crippen LogP contribution in [0.2, 0.25) is 0 Å². The monoisotopic (exact) mass is 92.1 g/mol. The molecule has 0 bridgehead atoms. The van der Waals surface area contributed by atoms with E-state index >= 15 is 0 Å². The summed E-state index contributed by atoms with van der Waals surface area (Å²) in [5.74, 6) is 0. The van der Waals surface area contributed by atoms with Crippen LogP contribution in [0.4, 0.5) is 0 Å². The molecule has 0 radical (unpaired) electrons.